The number of halogens is 5. The Balaban J connectivity index is 0.00000220. The molecule has 1 aliphatic heterocycles. The summed E-state index contributed by atoms with van der Waals surface area (Å²) in [4.78, 5) is 1.92. The molecular weight excluding hydrogens is 312 g/mol. The van der Waals surface area contributed by atoms with Crippen molar-refractivity contribution in [3.8, 4) is 5.75 Å². The van der Waals surface area contributed by atoms with Gasteiger partial charge in [-0.05, 0) is 17.7 Å². The minimum absolute atomic E-state index is 0. The van der Waals surface area contributed by atoms with Crippen LogP contribution < -0.4 is 10.1 Å². The first kappa shape index (κ1) is 18.0. The SMILES string of the molecule is Cl.FC[C@@H](c1cccc(OC(F)(F)F)c1)N1CCNCC1. The van der Waals surface area contributed by atoms with E-state index in [-0.39, 0.29) is 18.2 Å². The Kier molecular flexibility index (Phi) is 6.70. The molecule has 0 saturated carbocycles. The van der Waals surface area contributed by atoms with E-state index < -0.39 is 19.1 Å². The van der Waals surface area contributed by atoms with E-state index in [1.807, 2.05) is 4.90 Å². The minimum Gasteiger partial charge on any atom is -0.406 e. The van der Waals surface area contributed by atoms with Crippen LogP contribution >= 0.6 is 12.4 Å². The van der Waals surface area contributed by atoms with Gasteiger partial charge in [0.25, 0.3) is 0 Å². The topological polar surface area (TPSA) is 24.5 Å². The number of benzene rings is 1. The molecule has 3 nitrogen and oxygen atoms in total. The van der Waals surface area contributed by atoms with Gasteiger partial charge in [0.15, 0.2) is 0 Å². The molecule has 0 unspecified atom stereocenters. The average Bonchev–Trinajstić information content (AvgIpc) is 2.39. The highest BCUT2D eigenvalue weighted by atomic mass is 35.5. The molecule has 0 aliphatic carbocycles. The number of alkyl halides is 4. The van der Waals surface area contributed by atoms with E-state index in [1.54, 1.807) is 6.07 Å². The fourth-order valence-electron chi connectivity index (χ4n) is 2.31. The quantitative estimate of drug-likeness (QED) is 0.860. The zero-order valence-corrected chi connectivity index (χ0v) is 12.0. The van der Waals surface area contributed by atoms with Gasteiger partial charge in [-0.2, -0.15) is 0 Å². The van der Waals surface area contributed by atoms with Gasteiger partial charge in [0.2, 0.25) is 0 Å². The third kappa shape index (κ3) is 5.33. The van der Waals surface area contributed by atoms with E-state index in [0.29, 0.717) is 18.7 Å². The Labute approximate surface area is 126 Å². The first-order valence-corrected chi connectivity index (χ1v) is 6.36. The third-order valence-corrected chi connectivity index (χ3v) is 3.21. The minimum atomic E-state index is -4.74. The normalized spacial score (nSPS) is 17.9. The summed E-state index contributed by atoms with van der Waals surface area (Å²) >= 11 is 0. The van der Waals surface area contributed by atoms with Gasteiger partial charge in [0, 0.05) is 26.2 Å². The lowest BCUT2D eigenvalue weighted by Crippen LogP contribution is -2.45. The fraction of sp³-hybridized carbons (Fsp3) is 0.538. The average molecular weight is 329 g/mol. The van der Waals surface area contributed by atoms with Crippen molar-refractivity contribution in [3.05, 3.63) is 29.8 Å². The summed E-state index contributed by atoms with van der Waals surface area (Å²) < 4.78 is 53.7. The molecule has 1 aromatic rings. The third-order valence-electron chi connectivity index (χ3n) is 3.21. The van der Waals surface area contributed by atoms with E-state index in [2.05, 4.69) is 10.1 Å². The lowest BCUT2D eigenvalue weighted by molar-refractivity contribution is -0.274. The molecule has 2 rings (SSSR count). The molecular formula is C13H17ClF4N2O. The van der Waals surface area contributed by atoms with Crippen molar-refractivity contribution in [3.63, 3.8) is 0 Å². The molecule has 1 fully saturated rings. The maximum Gasteiger partial charge on any atom is 0.573 e. The first-order chi connectivity index (χ1) is 9.49. The van der Waals surface area contributed by atoms with Crippen LogP contribution in [0.25, 0.3) is 0 Å². The maximum absolute atomic E-state index is 13.3. The Morgan fingerprint density at radius 2 is 1.90 bits per heavy atom. The van der Waals surface area contributed by atoms with Crippen molar-refractivity contribution >= 4 is 12.4 Å². The number of hydrogen-bond donors (Lipinski definition) is 1. The summed E-state index contributed by atoms with van der Waals surface area (Å²) in [6.45, 7) is 2.18. The lowest BCUT2D eigenvalue weighted by atomic mass is 10.1. The van der Waals surface area contributed by atoms with Crippen LogP contribution in [0.2, 0.25) is 0 Å². The molecule has 120 valence electrons. The molecule has 1 saturated heterocycles. The summed E-state index contributed by atoms with van der Waals surface area (Å²) in [5.41, 5.74) is 0.496. The number of rotatable bonds is 4. The molecule has 0 spiro atoms. The molecule has 1 aliphatic rings. The standard InChI is InChI=1S/C13H16F4N2O.ClH/c14-9-12(19-6-4-18-5-7-19)10-2-1-3-11(8-10)20-13(15,16)17;/h1-3,8,12,18H,4-7,9H2;1H/t12-;/m0./s1. The highest BCUT2D eigenvalue weighted by molar-refractivity contribution is 5.85. The predicted octanol–water partition coefficient (Wildman–Crippen LogP) is 2.92. The van der Waals surface area contributed by atoms with Crippen LogP contribution in [0.3, 0.4) is 0 Å². The molecule has 1 atom stereocenters. The second-order valence-electron chi connectivity index (χ2n) is 4.58. The highest BCUT2D eigenvalue weighted by Crippen LogP contribution is 2.28. The van der Waals surface area contributed by atoms with Crippen LogP contribution in [0, 0.1) is 0 Å². The van der Waals surface area contributed by atoms with E-state index in [0.717, 1.165) is 13.1 Å². The van der Waals surface area contributed by atoms with Crippen LogP contribution in [-0.2, 0) is 0 Å². The van der Waals surface area contributed by atoms with Crippen LogP contribution in [0.5, 0.6) is 5.75 Å². The van der Waals surface area contributed by atoms with E-state index >= 15 is 0 Å². The summed E-state index contributed by atoms with van der Waals surface area (Å²) in [7, 11) is 0. The number of hydrogen-bond acceptors (Lipinski definition) is 3. The number of nitrogens with zero attached hydrogens (tertiary/aromatic N) is 1. The van der Waals surface area contributed by atoms with Crippen LogP contribution in [0.15, 0.2) is 24.3 Å². The van der Waals surface area contributed by atoms with Crippen molar-refractivity contribution in [1.82, 2.24) is 10.2 Å². The van der Waals surface area contributed by atoms with E-state index in [9.17, 15) is 17.6 Å². The summed E-state index contributed by atoms with van der Waals surface area (Å²) in [6.07, 6.45) is -4.74. The molecule has 8 heteroatoms. The molecule has 1 N–H and O–H groups in total. The van der Waals surface area contributed by atoms with Gasteiger partial charge in [0.05, 0.1) is 6.04 Å². The van der Waals surface area contributed by atoms with Crippen LogP contribution in [-0.4, -0.2) is 44.1 Å². The molecule has 0 radical (unpaired) electrons. The number of nitrogens with one attached hydrogen (secondary N) is 1. The van der Waals surface area contributed by atoms with Gasteiger partial charge in [-0.15, -0.1) is 25.6 Å². The van der Waals surface area contributed by atoms with Gasteiger partial charge < -0.3 is 10.1 Å². The number of ether oxygens (including phenoxy) is 1. The zero-order chi connectivity index (χ0) is 14.6. The molecule has 1 aromatic carbocycles. The maximum atomic E-state index is 13.3. The Bertz CT molecular complexity index is 438. The van der Waals surface area contributed by atoms with Gasteiger partial charge in [-0.3, -0.25) is 4.90 Å². The van der Waals surface area contributed by atoms with Crippen molar-refractivity contribution < 1.29 is 22.3 Å². The van der Waals surface area contributed by atoms with Crippen molar-refractivity contribution in [2.45, 2.75) is 12.4 Å². The van der Waals surface area contributed by atoms with Crippen molar-refractivity contribution in [2.75, 3.05) is 32.9 Å². The molecule has 0 bridgehead atoms. The smallest absolute Gasteiger partial charge is 0.406 e. The van der Waals surface area contributed by atoms with Gasteiger partial charge in [-0.25, -0.2) is 4.39 Å². The Hall–Kier alpha value is -1.05. The van der Waals surface area contributed by atoms with Crippen LogP contribution in [0.1, 0.15) is 11.6 Å². The predicted molar refractivity (Wildman–Crippen MR) is 73.5 cm³/mol. The molecule has 0 amide bonds. The van der Waals surface area contributed by atoms with E-state index in [1.165, 1.54) is 18.2 Å². The Morgan fingerprint density at radius 1 is 1.24 bits per heavy atom. The summed E-state index contributed by atoms with van der Waals surface area (Å²) in [6, 6.07) is 4.99. The van der Waals surface area contributed by atoms with Crippen LogP contribution in [0.4, 0.5) is 17.6 Å². The zero-order valence-electron chi connectivity index (χ0n) is 11.2. The summed E-state index contributed by atoms with van der Waals surface area (Å²) in [5.74, 6) is -0.316. The van der Waals surface area contributed by atoms with Crippen molar-refractivity contribution in [2.24, 2.45) is 0 Å². The number of piperazine rings is 1. The van der Waals surface area contributed by atoms with Gasteiger partial charge in [0.1, 0.15) is 12.4 Å². The second-order valence-corrected chi connectivity index (χ2v) is 4.58. The Morgan fingerprint density at radius 3 is 2.48 bits per heavy atom. The monoisotopic (exact) mass is 328 g/mol. The van der Waals surface area contributed by atoms with E-state index in [4.69, 9.17) is 0 Å². The fourth-order valence-corrected chi connectivity index (χ4v) is 2.31. The highest BCUT2D eigenvalue weighted by Gasteiger charge is 2.31. The van der Waals surface area contributed by atoms with Gasteiger partial charge in [-0.1, -0.05) is 12.1 Å². The van der Waals surface area contributed by atoms with Crippen molar-refractivity contribution in [1.29, 1.82) is 0 Å². The molecule has 0 aromatic heterocycles. The van der Waals surface area contributed by atoms with Gasteiger partial charge >= 0.3 is 6.36 Å². The second kappa shape index (κ2) is 7.82. The molecule has 1 heterocycles. The first-order valence-electron chi connectivity index (χ1n) is 6.36. The molecule has 21 heavy (non-hydrogen) atoms. The largest absolute Gasteiger partial charge is 0.573 e. The lowest BCUT2D eigenvalue weighted by Gasteiger charge is -2.33. The summed E-state index contributed by atoms with van der Waals surface area (Å²) in [5, 5.41) is 3.15.